The summed E-state index contributed by atoms with van der Waals surface area (Å²) in [6, 6.07) is 13.4. The predicted octanol–water partition coefficient (Wildman–Crippen LogP) is 4.45. The van der Waals surface area contributed by atoms with Crippen molar-refractivity contribution >= 4 is 17.6 Å². The Morgan fingerprint density at radius 1 is 0.848 bits per heavy atom. The Balaban J connectivity index is 1.37. The fourth-order valence-electron chi connectivity index (χ4n) is 4.36. The number of rotatable bonds is 4. The smallest absolute Gasteiger partial charge is 0.321 e. The molecule has 176 valence electrons. The van der Waals surface area contributed by atoms with Crippen LogP contribution >= 0.6 is 0 Å². The van der Waals surface area contributed by atoms with Gasteiger partial charge in [0.2, 0.25) is 6.10 Å². The zero-order chi connectivity index (χ0) is 23.5. The van der Waals surface area contributed by atoms with Gasteiger partial charge in [0.15, 0.2) is 11.5 Å². The molecule has 1 atom stereocenters. The Morgan fingerprint density at radius 2 is 1.42 bits per heavy atom. The number of ether oxygens (including phenoxy) is 2. The number of fused-ring (bicyclic) bond motifs is 1. The summed E-state index contributed by atoms with van der Waals surface area (Å²) >= 11 is 0. The highest BCUT2D eigenvalue weighted by atomic mass is 16.6. The van der Waals surface area contributed by atoms with Crippen molar-refractivity contribution in [1.82, 2.24) is 9.80 Å². The third-order valence-corrected chi connectivity index (χ3v) is 6.27. The van der Waals surface area contributed by atoms with Crippen LogP contribution in [0.25, 0.3) is 0 Å². The van der Waals surface area contributed by atoms with E-state index in [0.29, 0.717) is 49.5 Å². The molecule has 7 heteroatoms. The summed E-state index contributed by atoms with van der Waals surface area (Å²) < 4.78 is 11.5. The molecular weight excluding hydrogens is 418 g/mol. The van der Waals surface area contributed by atoms with E-state index in [1.165, 1.54) is 0 Å². The van der Waals surface area contributed by atoms with E-state index in [1.807, 2.05) is 18.2 Å². The molecular formula is C26H33N3O4. The second kappa shape index (κ2) is 9.73. The van der Waals surface area contributed by atoms with Crippen molar-refractivity contribution < 1.29 is 19.1 Å². The molecule has 0 aliphatic carbocycles. The van der Waals surface area contributed by atoms with Gasteiger partial charge in [-0.05, 0) is 35.1 Å². The van der Waals surface area contributed by atoms with Crippen LogP contribution in [0.5, 0.6) is 11.5 Å². The first-order valence-electron chi connectivity index (χ1n) is 11.7. The Labute approximate surface area is 195 Å². The van der Waals surface area contributed by atoms with E-state index in [0.717, 1.165) is 16.8 Å². The van der Waals surface area contributed by atoms with E-state index in [-0.39, 0.29) is 18.5 Å². The Kier molecular flexibility index (Phi) is 6.77. The first kappa shape index (κ1) is 23.0. The molecule has 2 heterocycles. The van der Waals surface area contributed by atoms with E-state index in [9.17, 15) is 9.59 Å². The van der Waals surface area contributed by atoms with Crippen LogP contribution in [0.1, 0.15) is 50.7 Å². The first-order chi connectivity index (χ1) is 15.8. The fraction of sp³-hybridized carbons (Fsp3) is 0.462. The molecule has 0 bridgehead atoms. The van der Waals surface area contributed by atoms with Gasteiger partial charge >= 0.3 is 6.03 Å². The van der Waals surface area contributed by atoms with Crippen molar-refractivity contribution in [1.29, 1.82) is 0 Å². The van der Waals surface area contributed by atoms with Crippen molar-refractivity contribution in [2.75, 3.05) is 38.1 Å². The number of benzene rings is 2. The summed E-state index contributed by atoms with van der Waals surface area (Å²) in [5, 5.41) is 3.17. The topological polar surface area (TPSA) is 71.1 Å². The summed E-state index contributed by atoms with van der Waals surface area (Å²) in [6.45, 7) is 10.6. The van der Waals surface area contributed by atoms with Gasteiger partial charge in [0, 0.05) is 31.9 Å². The lowest BCUT2D eigenvalue weighted by Gasteiger charge is -2.37. The number of nitrogens with one attached hydrogen (secondary N) is 1. The average Bonchev–Trinajstić information content (AvgIpc) is 2.83. The molecule has 1 saturated heterocycles. The van der Waals surface area contributed by atoms with Gasteiger partial charge in [-0.3, -0.25) is 4.79 Å². The second-order valence-corrected chi connectivity index (χ2v) is 9.23. The Hall–Kier alpha value is -3.22. The number of amides is 3. The van der Waals surface area contributed by atoms with Crippen LogP contribution in [0, 0.1) is 0 Å². The Morgan fingerprint density at radius 3 is 2.03 bits per heavy atom. The number of carbonyl (C=O) groups is 2. The normalized spacial score (nSPS) is 17.9. The van der Waals surface area contributed by atoms with E-state index in [1.54, 1.807) is 15.9 Å². The molecule has 2 aromatic carbocycles. The van der Waals surface area contributed by atoms with Gasteiger partial charge in [0.1, 0.15) is 6.61 Å². The molecule has 2 aromatic rings. The molecule has 1 N–H and O–H groups in total. The van der Waals surface area contributed by atoms with Crippen molar-refractivity contribution in [2.24, 2.45) is 0 Å². The molecule has 4 rings (SSSR count). The maximum atomic E-state index is 13.1. The molecule has 0 spiro atoms. The third-order valence-electron chi connectivity index (χ3n) is 6.27. The molecule has 2 aliphatic heterocycles. The lowest BCUT2D eigenvalue weighted by atomic mass is 9.93. The zero-order valence-electron chi connectivity index (χ0n) is 19.8. The summed E-state index contributed by atoms with van der Waals surface area (Å²) in [6.07, 6.45) is -0.660. The number of hydrogen-bond donors (Lipinski definition) is 1. The standard InChI is InChI=1S/C26H33N3O4/c1-17(2)19-8-7-9-20(18(3)4)24(19)27-26(31)29-14-12-28(13-15-29)25(30)23-16-32-21-10-5-6-11-22(21)33-23/h5-11,17-18,23H,12-16H2,1-4H3,(H,27,31). The van der Waals surface area contributed by atoms with Crippen LogP contribution in [0.15, 0.2) is 42.5 Å². The highest BCUT2D eigenvalue weighted by Gasteiger charge is 2.33. The van der Waals surface area contributed by atoms with E-state index >= 15 is 0 Å². The van der Waals surface area contributed by atoms with Gasteiger partial charge in [-0.2, -0.15) is 0 Å². The first-order valence-corrected chi connectivity index (χ1v) is 11.7. The molecule has 0 aromatic heterocycles. The van der Waals surface area contributed by atoms with Crippen molar-refractivity contribution in [3.8, 4) is 11.5 Å². The monoisotopic (exact) mass is 451 g/mol. The number of carbonyl (C=O) groups excluding carboxylic acids is 2. The molecule has 3 amide bonds. The highest BCUT2D eigenvalue weighted by Crippen LogP contribution is 2.33. The highest BCUT2D eigenvalue weighted by molar-refractivity contribution is 5.92. The van der Waals surface area contributed by atoms with Gasteiger partial charge in [0.25, 0.3) is 5.91 Å². The molecule has 33 heavy (non-hydrogen) atoms. The molecule has 2 aliphatic rings. The maximum Gasteiger partial charge on any atom is 0.321 e. The largest absolute Gasteiger partial charge is 0.485 e. The Bertz CT molecular complexity index is 986. The number of hydrogen-bond acceptors (Lipinski definition) is 4. The van der Waals surface area contributed by atoms with Crippen molar-refractivity contribution in [2.45, 2.75) is 45.6 Å². The third kappa shape index (κ3) is 4.92. The number of para-hydroxylation sites is 3. The van der Waals surface area contributed by atoms with Gasteiger partial charge in [-0.1, -0.05) is 58.0 Å². The maximum absolute atomic E-state index is 13.1. The van der Waals surface area contributed by atoms with Crippen LogP contribution in [0.2, 0.25) is 0 Å². The van der Waals surface area contributed by atoms with E-state index in [2.05, 4.69) is 51.2 Å². The van der Waals surface area contributed by atoms with Crippen molar-refractivity contribution in [3.63, 3.8) is 0 Å². The van der Waals surface area contributed by atoms with Crippen LogP contribution in [0.3, 0.4) is 0 Å². The lowest BCUT2D eigenvalue weighted by Crippen LogP contribution is -2.55. The number of nitrogens with zero attached hydrogens (tertiary/aromatic N) is 2. The minimum Gasteiger partial charge on any atom is -0.485 e. The summed E-state index contributed by atoms with van der Waals surface area (Å²) in [5.74, 6) is 1.75. The number of piperazine rings is 1. The fourth-order valence-corrected chi connectivity index (χ4v) is 4.36. The van der Waals surface area contributed by atoms with Crippen molar-refractivity contribution in [3.05, 3.63) is 53.6 Å². The number of anilines is 1. The van der Waals surface area contributed by atoms with E-state index in [4.69, 9.17) is 9.47 Å². The van der Waals surface area contributed by atoms with Crippen LogP contribution < -0.4 is 14.8 Å². The predicted molar refractivity (Wildman–Crippen MR) is 128 cm³/mol. The minimum atomic E-state index is -0.660. The molecule has 1 fully saturated rings. The molecule has 7 nitrogen and oxygen atoms in total. The van der Waals surface area contributed by atoms with Gasteiger partial charge in [-0.25, -0.2) is 4.79 Å². The van der Waals surface area contributed by atoms with Gasteiger partial charge in [0.05, 0.1) is 0 Å². The summed E-state index contributed by atoms with van der Waals surface area (Å²) in [7, 11) is 0. The zero-order valence-corrected chi connectivity index (χ0v) is 19.8. The minimum absolute atomic E-state index is 0.100. The summed E-state index contributed by atoms with van der Waals surface area (Å²) in [4.78, 5) is 29.6. The second-order valence-electron chi connectivity index (χ2n) is 9.23. The SMILES string of the molecule is CC(C)c1cccc(C(C)C)c1NC(=O)N1CCN(C(=O)C2COc3ccccc3O2)CC1. The quantitative estimate of drug-likeness (QED) is 0.746. The van der Waals surface area contributed by atoms with E-state index < -0.39 is 6.10 Å². The summed E-state index contributed by atoms with van der Waals surface area (Å²) in [5.41, 5.74) is 3.19. The number of urea groups is 1. The van der Waals surface area contributed by atoms with Crippen LogP contribution in [0.4, 0.5) is 10.5 Å². The lowest BCUT2D eigenvalue weighted by molar-refractivity contribution is -0.142. The molecule has 0 radical (unpaired) electrons. The van der Waals surface area contributed by atoms with Crippen LogP contribution in [-0.2, 0) is 4.79 Å². The van der Waals surface area contributed by atoms with Crippen LogP contribution in [-0.4, -0.2) is 60.6 Å². The molecule has 0 saturated carbocycles. The molecule has 1 unspecified atom stereocenters. The van der Waals surface area contributed by atoms with Gasteiger partial charge in [-0.15, -0.1) is 0 Å². The van der Waals surface area contributed by atoms with Gasteiger partial charge < -0.3 is 24.6 Å². The average molecular weight is 452 g/mol.